The van der Waals surface area contributed by atoms with Crippen molar-refractivity contribution in [1.82, 2.24) is 29.6 Å². The van der Waals surface area contributed by atoms with Crippen molar-refractivity contribution in [3.05, 3.63) is 57.8 Å². The highest BCUT2D eigenvalue weighted by Crippen LogP contribution is 2.19. The zero-order valence-electron chi connectivity index (χ0n) is 18.5. The number of nitrogens with zero attached hydrogens (tertiary/aromatic N) is 8. The van der Waals surface area contributed by atoms with Crippen LogP contribution in [0.25, 0.3) is 5.69 Å². The molecule has 0 unspecified atom stereocenters. The van der Waals surface area contributed by atoms with E-state index in [0.717, 1.165) is 20.5 Å². The Labute approximate surface area is 187 Å². The summed E-state index contributed by atoms with van der Waals surface area (Å²) in [6.07, 6.45) is -2.71. The molecule has 10 nitrogen and oxygen atoms in total. The van der Waals surface area contributed by atoms with E-state index in [4.69, 9.17) is 4.74 Å². The Morgan fingerprint density at radius 1 is 1.18 bits per heavy atom. The van der Waals surface area contributed by atoms with Gasteiger partial charge in [-0.2, -0.15) is 32.7 Å². The van der Waals surface area contributed by atoms with E-state index >= 15 is 0 Å². The molecule has 0 N–H and O–H groups in total. The standard InChI is InChI=1S/C20H23F3N8O2/c1-5-18(25-24-14(3)16-9-10-30(26-16)12-20(21,22)23)33-11-15-13(2)7-6-8-17(15)31-19(32)29(4)27-28-31/h6-10H,5,11-12H2,1-4H3/b24-14+,25-18+. The predicted octanol–water partition coefficient (Wildman–Crippen LogP) is 2.78. The Morgan fingerprint density at radius 3 is 2.58 bits per heavy atom. The molecule has 0 atom stereocenters. The normalized spacial score (nSPS) is 12.9. The van der Waals surface area contributed by atoms with Crippen LogP contribution in [-0.4, -0.2) is 47.4 Å². The molecule has 176 valence electrons. The topological polar surface area (TPSA) is 104 Å². The highest BCUT2D eigenvalue weighted by molar-refractivity contribution is 5.97. The van der Waals surface area contributed by atoms with Gasteiger partial charge in [-0.3, -0.25) is 4.68 Å². The molecule has 0 amide bonds. The third-order valence-electron chi connectivity index (χ3n) is 4.69. The minimum atomic E-state index is -4.36. The van der Waals surface area contributed by atoms with E-state index in [2.05, 4.69) is 25.7 Å². The van der Waals surface area contributed by atoms with Gasteiger partial charge in [0.25, 0.3) is 0 Å². The molecule has 0 aliphatic carbocycles. The van der Waals surface area contributed by atoms with Crippen LogP contribution >= 0.6 is 0 Å². The van der Waals surface area contributed by atoms with E-state index in [1.54, 1.807) is 19.1 Å². The SMILES string of the molecule is CC/C(=N\N=C(/C)c1ccn(CC(F)(F)F)n1)OCc1c(C)cccc1-n1nnn(C)c1=O. The smallest absolute Gasteiger partial charge is 0.408 e. The number of aromatic nitrogens is 6. The van der Waals surface area contributed by atoms with Crippen molar-refractivity contribution in [2.45, 2.75) is 46.5 Å². The summed E-state index contributed by atoms with van der Waals surface area (Å²) >= 11 is 0. The fourth-order valence-corrected chi connectivity index (χ4v) is 2.90. The summed E-state index contributed by atoms with van der Waals surface area (Å²) in [6, 6.07) is 6.86. The lowest BCUT2D eigenvalue weighted by molar-refractivity contribution is -0.142. The van der Waals surface area contributed by atoms with Gasteiger partial charge in [0.05, 0.1) is 11.4 Å². The van der Waals surface area contributed by atoms with E-state index in [1.165, 1.54) is 24.0 Å². The van der Waals surface area contributed by atoms with E-state index < -0.39 is 18.4 Å². The van der Waals surface area contributed by atoms with Gasteiger partial charge in [0.1, 0.15) is 18.8 Å². The van der Waals surface area contributed by atoms with Crippen molar-refractivity contribution in [3.63, 3.8) is 0 Å². The highest BCUT2D eigenvalue weighted by atomic mass is 19.4. The Hall–Kier alpha value is -3.77. The van der Waals surface area contributed by atoms with Crippen LogP contribution in [0.4, 0.5) is 13.2 Å². The molecule has 0 fully saturated rings. The summed E-state index contributed by atoms with van der Waals surface area (Å²) < 4.78 is 46.5. The van der Waals surface area contributed by atoms with Crippen LogP contribution in [0.5, 0.6) is 0 Å². The second-order valence-electron chi connectivity index (χ2n) is 7.20. The van der Waals surface area contributed by atoms with Gasteiger partial charge in [-0.1, -0.05) is 19.1 Å². The van der Waals surface area contributed by atoms with Crippen molar-refractivity contribution in [2.75, 3.05) is 0 Å². The minimum absolute atomic E-state index is 0.104. The van der Waals surface area contributed by atoms with Crippen LogP contribution in [0.15, 0.2) is 45.5 Å². The van der Waals surface area contributed by atoms with Crippen molar-refractivity contribution in [2.24, 2.45) is 17.3 Å². The van der Waals surface area contributed by atoms with Crippen molar-refractivity contribution >= 4 is 11.6 Å². The maximum atomic E-state index is 12.5. The maximum absolute atomic E-state index is 12.5. The monoisotopic (exact) mass is 464 g/mol. The number of hydrogen-bond acceptors (Lipinski definition) is 7. The van der Waals surface area contributed by atoms with Gasteiger partial charge in [0.2, 0.25) is 5.90 Å². The zero-order valence-corrected chi connectivity index (χ0v) is 18.5. The Kier molecular flexibility index (Phi) is 7.09. The second-order valence-corrected chi connectivity index (χ2v) is 7.20. The molecule has 3 aromatic rings. The van der Waals surface area contributed by atoms with Gasteiger partial charge in [-0.15, -0.1) is 5.10 Å². The number of ether oxygens (including phenoxy) is 1. The summed E-state index contributed by atoms with van der Waals surface area (Å²) in [7, 11) is 1.51. The van der Waals surface area contributed by atoms with Gasteiger partial charge >= 0.3 is 11.9 Å². The molecule has 0 spiro atoms. The molecule has 3 rings (SSSR count). The minimum Gasteiger partial charge on any atom is -0.475 e. The molecular weight excluding hydrogens is 441 g/mol. The second kappa shape index (κ2) is 9.79. The summed E-state index contributed by atoms with van der Waals surface area (Å²) in [5.74, 6) is 0.310. The lowest BCUT2D eigenvalue weighted by Gasteiger charge is -2.13. The summed E-state index contributed by atoms with van der Waals surface area (Å²) in [4.78, 5) is 12.3. The first-order chi connectivity index (χ1) is 15.6. The third-order valence-corrected chi connectivity index (χ3v) is 4.69. The molecule has 0 radical (unpaired) electrons. The lowest BCUT2D eigenvalue weighted by Crippen LogP contribution is -2.23. The fourth-order valence-electron chi connectivity index (χ4n) is 2.90. The summed E-state index contributed by atoms with van der Waals surface area (Å²) in [6.45, 7) is 4.23. The van der Waals surface area contributed by atoms with Crippen LogP contribution in [-0.2, 0) is 24.9 Å². The molecule has 33 heavy (non-hydrogen) atoms. The predicted molar refractivity (Wildman–Crippen MR) is 114 cm³/mol. The number of benzene rings is 1. The number of halogens is 3. The first-order valence-corrected chi connectivity index (χ1v) is 10.0. The van der Waals surface area contributed by atoms with Crippen molar-refractivity contribution in [1.29, 1.82) is 0 Å². The molecule has 0 bridgehead atoms. The molecule has 0 aliphatic rings. The van der Waals surface area contributed by atoms with E-state index in [0.29, 0.717) is 23.7 Å². The molecule has 1 aromatic carbocycles. The van der Waals surface area contributed by atoms with Gasteiger partial charge in [-0.25, -0.2) is 4.79 Å². The molecule has 0 aliphatic heterocycles. The van der Waals surface area contributed by atoms with Gasteiger partial charge in [-0.05, 0) is 42.0 Å². The van der Waals surface area contributed by atoms with Gasteiger partial charge < -0.3 is 4.74 Å². The quantitative estimate of drug-likeness (QED) is 0.304. The Morgan fingerprint density at radius 2 is 1.94 bits per heavy atom. The average Bonchev–Trinajstić information content (AvgIpc) is 3.34. The van der Waals surface area contributed by atoms with Crippen LogP contribution in [0, 0.1) is 6.92 Å². The number of aryl methyl sites for hydroxylation is 2. The Bertz CT molecular complexity index is 1240. The lowest BCUT2D eigenvalue weighted by atomic mass is 10.1. The van der Waals surface area contributed by atoms with E-state index in [1.807, 2.05) is 19.9 Å². The van der Waals surface area contributed by atoms with Crippen molar-refractivity contribution < 1.29 is 17.9 Å². The molecule has 0 saturated heterocycles. The van der Waals surface area contributed by atoms with Crippen LogP contribution in [0.2, 0.25) is 0 Å². The van der Waals surface area contributed by atoms with Crippen LogP contribution in [0.1, 0.15) is 37.1 Å². The van der Waals surface area contributed by atoms with Gasteiger partial charge in [0.15, 0.2) is 0 Å². The van der Waals surface area contributed by atoms with Gasteiger partial charge in [0, 0.05) is 25.2 Å². The fraction of sp³-hybridized carbons (Fsp3) is 0.400. The number of rotatable bonds is 7. The number of hydrogen-bond donors (Lipinski definition) is 0. The maximum Gasteiger partial charge on any atom is 0.408 e. The molecule has 2 aromatic heterocycles. The summed E-state index contributed by atoms with van der Waals surface area (Å²) in [5, 5.41) is 19.6. The zero-order chi connectivity index (χ0) is 24.2. The van der Waals surface area contributed by atoms with Crippen LogP contribution < -0.4 is 5.69 Å². The molecular formula is C20H23F3N8O2. The average molecular weight is 464 g/mol. The third kappa shape index (κ3) is 5.93. The van der Waals surface area contributed by atoms with Crippen LogP contribution in [0.3, 0.4) is 0 Å². The molecule has 0 saturated carbocycles. The molecule has 13 heteroatoms. The first-order valence-electron chi connectivity index (χ1n) is 10.0. The number of alkyl halides is 3. The highest BCUT2D eigenvalue weighted by Gasteiger charge is 2.28. The first kappa shape index (κ1) is 23.9. The van der Waals surface area contributed by atoms with E-state index in [9.17, 15) is 18.0 Å². The summed E-state index contributed by atoms with van der Waals surface area (Å²) in [5.41, 5.74) is 2.38. The van der Waals surface area contributed by atoms with E-state index in [-0.39, 0.29) is 12.3 Å². The van der Waals surface area contributed by atoms with Crippen molar-refractivity contribution in [3.8, 4) is 5.69 Å². The molecule has 2 heterocycles. The number of tetrazole rings is 1. The Balaban J connectivity index is 1.77. The largest absolute Gasteiger partial charge is 0.475 e.